The molecule has 8 heteroatoms. The lowest BCUT2D eigenvalue weighted by Gasteiger charge is -2.32. The Kier molecular flexibility index (Phi) is 4.64. The van der Waals surface area contributed by atoms with Crippen molar-refractivity contribution in [3.05, 3.63) is 23.8 Å². The monoisotopic (exact) mass is 369 g/mol. The fraction of sp³-hybridized carbons (Fsp3) is 0.611. The minimum atomic E-state index is -4.52. The number of alkyl halides is 3. The largest absolute Gasteiger partial charge is 0.494 e. The van der Waals surface area contributed by atoms with Crippen molar-refractivity contribution in [2.45, 2.75) is 64.3 Å². The number of halogens is 3. The van der Waals surface area contributed by atoms with Crippen molar-refractivity contribution in [1.82, 2.24) is 0 Å². The molecular formula is C18H23BF3NO3. The van der Waals surface area contributed by atoms with E-state index in [2.05, 4.69) is 0 Å². The van der Waals surface area contributed by atoms with Gasteiger partial charge in [-0.2, -0.15) is 13.2 Å². The molecule has 3 rings (SSSR count). The number of benzene rings is 1. The minimum Gasteiger partial charge on any atom is -0.399 e. The smallest absolute Gasteiger partial charge is 0.399 e. The summed E-state index contributed by atoms with van der Waals surface area (Å²) in [5.41, 5.74) is -1.61. The van der Waals surface area contributed by atoms with Crippen molar-refractivity contribution in [3.63, 3.8) is 0 Å². The number of anilines is 1. The van der Waals surface area contributed by atoms with Gasteiger partial charge >= 0.3 is 13.3 Å². The summed E-state index contributed by atoms with van der Waals surface area (Å²) in [5.74, 6) is -0.157. The lowest BCUT2D eigenvalue weighted by Crippen LogP contribution is -2.41. The van der Waals surface area contributed by atoms with Gasteiger partial charge in [-0.05, 0) is 58.1 Å². The van der Waals surface area contributed by atoms with Gasteiger partial charge in [-0.3, -0.25) is 4.79 Å². The van der Waals surface area contributed by atoms with Crippen LogP contribution in [-0.2, 0) is 20.3 Å². The van der Waals surface area contributed by atoms with Gasteiger partial charge in [0, 0.05) is 18.7 Å². The summed E-state index contributed by atoms with van der Waals surface area (Å²) in [4.78, 5) is 13.6. The number of carbonyl (C=O) groups excluding carboxylic acids is 1. The molecule has 2 aliphatic heterocycles. The van der Waals surface area contributed by atoms with E-state index >= 15 is 0 Å². The molecule has 0 aliphatic carbocycles. The van der Waals surface area contributed by atoms with E-state index in [9.17, 15) is 18.0 Å². The van der Waals surface area contributed by atoms with Crippen LogP contribution in [0.25, 0.3) is 0 Å². The Hall–Kier alpha value is -1.54. The molecule has 0 atom stereocenters. The van der Waals surface area contributed by atoms with Gasteiger partial charge in [0.15, 0.2) is 0 Å². The highest BCUT2D eigenvalue weighted by molar-refractivity contribution is 6.62. The molecular weight excluding hydrogens is 346 g/mol. The van der Waals surface area contributed by atoms with E-state index in [0.29, 0.717) is 13.0 Å². The molecule has 0 bridgehead atoms. The van der Waals surface area contributed by atoms with Crippen LogP contribution in [0.4, 0.5) is 18.9 Å². The Morgan fingerprint density at radius 3 is 2.19 bits per heavy atom. The molecule has 0 saturated carbocycles. The number of hydrogen-bond donors (Lipinski definition) is 0. The molecule has 2 aliphatic rings. The molecule has 2 fully saturated rings. The molecule has 0 N–H and O–H groups in total. The molecule has 1 aromatic carbocycles. The van der Waals surface area contributed by atoms with Crippen LogP contribution in [0.2, 0.25) is 0 Å². The van der Waals surface area contributed by atoms with Gasteiger partial charge in [0.2, 0.25) is 5.91 Å². The van der Waals surface area contributed by atoms with E-state index in [1.54, 1.807) is 6.07 Å². The zero-order chi connectivity index (χ0) is 19.3. The molecule has 0 aromatic heterocycles. The fourth-order valence-electron chi connectivity index (χ4n) is 3.15. The minimum absolute atomic E-state index is 0.157. The topological polar surface area (TPSA) is 38.8 Å². The van der Waals surface area contributed by atoms with Gasteiger partial charge in [0.1, 0.15) is 0 Å². The van der Waals surface area contributed by atoms with Crippen LogP contribution < -0.4 is 10.4 Å². The highest BCUT2D eigenvalue weighted by Crippen LogP contribution is 2.38. The molecule has 142 valence electrons. The third kappa shape index (κ3) is 3.49. The zero-order valence-electron chi connectivity index (χ0n) is 15.4. The molecule has 1 amide bonds. The van der Waals surface area contributed by atoms with E-state index in [-0.39, 0.29) is 17.1 Å². The van der Waals surface area contributed by atoms with Crippen molar-refractivity contribution < 1.29 is 27.3 Å². The van der Waals surface area contributed by atoms with Crippen molar-refractivity contribution >= 4 is 24.2 Å². The van der Waals surface area contributed by atoms with Crippen LogP contribution >= 0.6 is 0 Å². The second kappa shape index (κ2) is 6.27. The van der Waals surface area contributed by atoms with Gasteiger partial charge < -0.3 is 14.2 Å². The maximum absolute atomic E-state index is 13.4. The maximum atomic E-state index is 13.4. The van der Waals surface area contributed by atoms with Crippen LogP contribution in [-0.4, -0.2) is 30.8 Å². The van der Waals surface area contributed by atoms with E-state index in [0.717, 1.165) is 25.0 Å². The Balaban J connectivity index is 2.03. The van der Waals surface area contributed by atoms with Crippen LogP contribution in [0, 0.1) is 0 Å². The van der Waals surface area contributed by atoms with E-state index < -0.39 is 30.1 Å². The molecule has 0 radical (unpaired) electrons. The number of nitrogens with zero attached hydrogens (tertiary/aromatic N) is 1. The first-order valence-corrected chi connectivity index (χ1v) is 8.79. The SMILES string of the molecule is CC1(C)OB(c2cc(N3CCCCC3=O)cc(C(F)(F)F)c2)OC1(C)C. The maximum Gasteiger partial charge on any atom is 0.494 e. The second-order valence-corrected chi connectivity index (χ2v) is 7.90. The van der Waals surface area contributed by atoms with Gasteiger partial charge in [-0.15, -0.1) is 0 Å². The Labute approximate surface area is 151 Å². The third-order valence-corrected chi connectivity index (χ3v) is 5.43. The van der Waals surface area contributed by atoms with Gasteiger partial charge in [-0.1, -0.05) is 6.07 Å². The van der Waals surface area contributed by atoms with E-state index in [1.807, 2.05) is 27.7 Å². The van der Waals surface area contributed by atoms with Crippen LogP contribution in [0.3, 0.4) is 0 Å². The van der Waals surface area contributed by atoms with Gasteiger partial charge in [-0.25, -0.2) is 0 Å². The van der Waals surface area contributed by atoms with Crippen molar-refractivity contribution in [3.8, 4) is 0 Å². The highest BCUT2D eigenvalue weighted by atomic mass is 19.4. The average molecular weight is 369 g/mol. The average Bonchev–Trinajstić information content (AvgIpc) is 2.75. The number of amides is 1. The van der Waals surface area contributed by atoms with E-state index in [1.165, 1.54) is 4.90 Å². The van der Waals surface area contributed by atoms with Crippen LogP contribution in [0.1, 0.15) is 52.5 Å². The highest BCUT2D eigenvalue weighted by Gasteiger charge is 2.52. The lowest BCUT2D eigenvalue weighted by molar-refractivity contribution is -0.137. The number of carbonyl (C=O) groups is 1. The summed E-state index contributed by atoms with van der Waals surface area (Å²) in [7, 11) is -0.916. The van der Waals surface area contributed by atoms with Gasteiger partial charge in [0.25, 0.3) is 0 Å². The summed E-state index contributed by atoms with van der Waals surface area (Å²) in [6, 6.07) is 3.64. The predicted octanol–water partition coefficient (Wildman–Crippen LogP) is 3.52. The second-order valence-electron chi connectivity index (χ2n) is 7.90. The first-order chi connectivity index (χ1) is 11.9. The van der Waals surface area contributed by atoms with Crippen molar-refractivity contribution in [2.75, 3.05) is 11.4 Å². The first-order valence-electron chi connectivity index (χ1n) is 8.79. The van der Waals surface area contributed by atoms with Crippen LogP contribution in [0.15, 0.2) is 18.2 Å². The lowest BCUT2D eigenvalue weighted by atomic mass is 9.78. The summed E-state index contributed by atoms with van der Waals surface area (Å²) in [6.45, 7) is 7.79. The Morgan fingerprint density at radius 1 is 1.04 bits per heavy atom. The Morgan fingerprint density at radius 2 is 1.65 bits per heavy atom. The summed E-state index contributed by atoms with van der Waals surface area (Å²) < 4.78 is 52.0. The normalized spacial score (nSPS) is 22.8. The van der Waals surface area contributed by atoms with Crippen molar-refractivity contribution in [2.24, 2.45) is 0 Å². The molecule has 0 unspecified atom stereocenters. The first kappa shape index (κ1) is 19.2. The third-order valence-electron chi connectivity index (χ3n) is 5.43. The fourth-order valence-corrected chi connectivity index (χ4v) is 3.15. The summed E-state index contributed by atoms with van der Waals surface area (Å²) >= 11 is 0. The zero-order valence-corrected chi connectivity index (χ0v) is 15.4. The quantitative estimate of drug-likeness (QED) is 0.749. The van der Waals surface area contributed by atoms with Crippen molar-refractivity contribution in [1.29, 1.82) is 0 Å². The van der Waals surface area contributed by atoms with E-state index in [4.69, 9.17) is 9.31 Å². The standard InChI is InChI=1S/C18H23BF3NO3/c1-16(2)17(3,4)26-19(25-16)13-9-12(18(20,21)22)10-14(11-13)23-8-6-5-7-15(23)24/h9-11H,5-8H2,1-4H3. The Bertz CT molecular complexity index is 702. The number of piperidine rings is 1. The molecule has 26 heavy (non-hydrogen) atoms. The van der Waals surface area contributed by atoms with Crippen LogP contribution in [0.5, 0.6) is 0 Å². The molecule has 0 spiro atoms. The predicted molar refractivity (Wildman–Crippen MR) is 93.4 cm³/mol. The molecule has 1 aromatic rings. The summed E-state index contributed by atoms with van der Waals surface area (Å²) in [5, 5.41) is 0. The van der Waals surface area contributed by atoms with Gasteiger partial charge in [0.05, 0.1) is 16.8 Å². The molecule has 2 heterocycles. The number of rotatable bonds is 2. The summed E-state index contributed by atoms with van der Waals surface area (Å²) in [6.07, 6.45) is -2.64. The number of hydrogen-bond acceptors (Lipinski definition) is 3. The molecule has 2 saturated heterocycles. The molecule has 4 nitrogen and oxygen atoms in total.